The van der Waals surface area contributed by atoms with Crippen LogP contribution in [0.25, 0.3) is 0 Å². The first-order chi connectivity index (χ1) is 6.74. The minimum Gasteiger partial charge on any atom is -0.470 e. The second-order valence-corrected chi connectivity index (χ2v) is 4.36. The quantitative estimate of drug-likeness (QED) is 0.338. The predicted molar refractivity (Wildman–Crippen MR) is 56.8 cm³/mol. The molecule has 0 aliphatic rings. The zero-order chi connectivity index (χ0) is 10.8. The average molecular weight is 220 g/mol. The van der Waals surface area contributed by atoms with E-state index >= 15 is 0 Å². The molecule has 0 radical (unpaired) electrons. The smallest absolute Gasteiger partial charge is 0.305 e. The van der Waals surface area contributed by atoms with Crippen molar-refractivity contribution in [1.29, 1.82) is 0 Å². The van der Waals surface area contributed by atoms with Crippen molar-refractivity contribution < 1.29 is 19.0 Å². The van der Waals surface area contributed by atoms with Crippen molar-refractivity contribution in [3.63, 3.8) is 0 Å². The monoisotopic (exact) mass is 220 g/mol. The third kappa shape index (κ3) is 7.05. The van der Waals surface area contributed by atoms with E-state index in [1.54, 1.807) is 6.92 Å². The molecule has 4 nitrogen and oxygen atoms in total. The summed E-state index contributed by atoms with van der Waals surface area (Å²) in [7, 11) is -0.636. The van der Waals surface area contributed by atoms with Crippen LogP contribution in [0.3, 0.4) is 0 Å². The highest BCUT2D eigenvalue weighted by molar-refractivity contribution is 6.36. The number of ether oxygens (including phenoxy) is 3. The number of rotatable bonds is 8. The van der Waals surface area contributed by atoms with Crippen molar-refractivity contribution in [2.24, 2.45) is 0 Å². The van der Waals surface area contributed by atoms with Crippen molar-refractivity contribution in [2.45, 2.75) is 33.1 Å². The number of hydrogen-bond donors (Lipinski definition) is 0. The Kier molecular flexibility index (Phi) is 8.92. The van der Waals surface area contributed by atoms with Crippen molar-refractivity contribution in [2.75, 3.05) is 19.4 Å². The molecule has 5 heteroatoms. The fraction of sp³-hybridized carbons (Fsp3) is 0.889. The standard InChI is InChI=1S/C9H20O4Si/c1-4-8(10)13-7-14-9(11-5-2)12-6-3/h9H,4-7,14H2,1-3H3. The number of carbonyl (C=O) groups is 1. The van der Waals surface area contributed by atoms with Gasteiger partial charge in [-0.3, -0.25) is 4.79 Å². The van der Waals surface area contributed by atoms with Crippen LogP contribution in [0.1, 0.15) is 27.2 Å². The fourth-order valence-corrected chi connectivity index (χ4v) is 2.30. The maximum Gasteiger partial charge on any atom is 0.305 e. The molecule has 84 valence electrons. The molecule has 0 aliphatic heterocycles. The number of carbonyl (C=O) groups excluding carboxylic acids is 1. The highest BCUT2D eigenvalue weighted by Gasteiger charge is 2.09. The van der Waals surface area contributed by atoms with Gasteiger partial charge in [0.2, 0.25) is 0 Å². The summed E-state index contributed by atoms with van der Waals surface area (Å²) in [5, 5.41) is 0. The molecule has 0 spiro atoms. The van der Waals surface area contributed by atoms with Gasteiger partial charge in [0, 0.05) is 19.6 Å². The van der Waals surface area contributed by atoms with Gasteiger partial charge in [-0.1, -0.05) is 6.92 Å². The Bertz CT molecular complexity index is 146. The Balaban J connectivity index is 3.54. The summed E-state index contributed by atoms with van der Waals surface area (Å²) in [5.41, 5.74) is 0. The van der Waals surface area contributed by atoms with E-state index in [1.807, 2.05) is 13.8 Å². The van der Waals surface area contributed by atoms with Crippen LogP contribution >= 0.6 is 0 Å². The second-order valence-electron chi connectivity index (χ2n) is 2.70. The Labute approximate surface area is 87.7 Å². The SMILES string of the molecule is CCOC(OCC)[SiH2]COC(=O)CC. The lowest BCUT2D eigenvalue weighted by Gasteiger charge is -2.16. The third-order valence-corrected chi connectivity index (χ3v) is 2.99. The maximum atomic E-state index is 10.8. The molecule has 0 aliphatic carbocycles. The van der Waals surface area contributed by atoms with E-state index in [9.17, 15) is 4.79 Å². The average Bonchev–Trinajstić information content (AvgIpc) is 2.18. The molecular weight excluding hydrogens is 200 g/mol. The molecule has 0 N–H and O–H groups in total. The van der Waals surface area contributed by atoms with Gasteiger partial charge in [0.15, 0.2) is 0 Å². The molecule has 0 bridgehead atoms. The first-order valence-corrected chi connectivity index (χ1v) is 6.95. The summed E-state index contributed by atoms with van der Waals surface area (Å²) >= 11 is 0. The first kappa shape index (κ1) is 13.6. The van der Waals surface area contributed by atoms with Crippen LogP contribution in [0.15, 0.2) is 0 Å². The van der Waals surface area contributed by atoms with Crippen molar-refractivity contribution in [1.82, 2.24) is 0 Å². The molecule has 0 aromatic heterocycles. The van der Waals surface area contributed by atoms with Crippen LogP contribution < -0.4 is 0 Å². The van der Waals surface area contributed by atoms with Gasteiger partial charge < -0.3 is 14.2 Å². The summed E-state index contributed by atoms with van der Waals surface area (Å²) in [6.07, 6.45) is 0.930. The van der Waals surface area contributed by atoms with Gasteiger partial charge in [0.05, 0.1) is 6.23 Å². The molecule has 0 aromatic rings. The number of hydrogen-bond acceptors (Lipinski definition) is 4. The Morgan fingerprint density at radius 1 is 1.21 bits per heavy atom. The molecule has 0 unspecified atom stereocenters. The summed E-state index contributed by atoms with van der Waals surface area (Å²) in [6.45, 7) is 6.92. The van der Waals surface area contributed by atoms with Gasteiger partial charge in [-0.15, -0.1) is 0 Å². The highest BCUT2D eigenvalue weighted by atomic mass is 28.2. The van der Waals surface area contributed by atoms with Crippen molar-refractivity contribution in [3.05, 3.63) is 0 Å². The van der Waals surface area contributed by atoms with Crippen LogP contribution in [-0.4, -0.2) is 40.8 Å². The van der Waals surface area contributed by atoms with E-state index < -0.39 is 9.52 Å². The molecule has 0 rings (SSSR count). The van der Waals surface area contributed by atoms with E-state index in [2.05, 4.69) is 0 Å². The van der Waals surface area contributed by atoms with E-state index in [0.29, 0.717) is 25.9 Å². The van der Waals surface area contributed by atoms with E-state index in [0.717, 1.165) is 0 Å². The second kappa shape index (κ2) is 9.17. The summed E-state index contributed by atoms with van der Waals surface area (Å²) < 4.78 is 15.7. The normalized spacial score (nSPS) is 11.4. The van der Waals surface area contributed by atoms with Crippen LogP contribution in [-0.2, 0) is 19.0 Å². The van der Waals surface area contributed by atoms with Gasteiger partial charge in [-0.2, -0.15) is 0 Å². The molecule has 0 saturated heterocycles. The van der Waals surface area contributed by atoms with E-state index in [-0.39, 0.29) is 11.9 Å². The lowest BCUT2D eigenvalue weighted by molar-refractivity contribution is -0.141. The van der Waals surface area contributed by atoms with E-state index in [1.165, 1.54) is 0 Å². The van der Waals surface area contributed by atoms with Gasteiger partial charge >= 0.3 is 5.97 Å². The topological polar surface area (TPSA) is 44.8 Å². The Morgan fingerprint density at radius 2 is 1.79 bits per heavy atom. The Morgan fingerprint density at radius 3 is 2.21 bits per heavy atom. The van der Waals surface area contributed by atoms with Gasteiger partial charge in [-0.25, -0.2) is 0 Å². The minimum atomic E-state index is -0.636. The largest absolute Gasteiger partial charge is 0.470 e. The zero-order valence-corrected chi connectivity index (χ0v) is 10.7. The molecule has 0 amide bonds. The highest BCUT2D eigenvalue weighted by Crippen LogP contribution is 1.94. The van der Waals surface area contributed by atoms with Gasteiger partial charge in [-0.05, 0) is 13.8 Å². The van der Waals surface area contributed by atoms with Gasteiger partial charge in [0.1, 0.15) is 15.4 Å². The van der Waals surface area contributed by atoms with Crippen molar-refractivity contribution >= 4 is 15.5 Å². The van der Waals surface area contributed by atoms with Crippen LogP contribution in [0.2, 0.25) is 0 Å². The maximum absolute atomic E-state index is 10.8. The fourth-order valence-electron chi connectivity index (χ4n) is 0.958. The molecule has 0 atom stereocenters. The van der Waals surface area contributed by atoms with Gasteiger partial charge in [0.25, 0.3) is 0 Å². The van der Waals surface area contributed by atoms with E-state index in [4.69, 9.17) is 14.2 Å². The lowest BCUT2D eigenvalue weighted by atomic mass is 10.5. The van der Waals surface area contributed by atoms with Crippen molar-refractivity contribution in [3.8, 4) is 0 Å². The Hall–Kier alpha value is -0.393. The molecule has 14 heavy (non-hydrogen) atoms. The summed E-state index contributed by atoms with van der Waals surface area (Å²) in [5.74, 6) is -0.265. The molecule has 0 aromatic carbocycles. The third-order valence-electron chi connectivity index (χ3n) is 1.61. The first-order valence-electron chi connectivity index (χ1n) is 5.13. The zero-order valence-electron chi connectivity index (χ0n) is 9.25. The molecule has 0 saturated carbocycles. The molecule has 0 fully saturated rings. The minimum absolute atomic E-state index is 0.116. The summed E-state index contributed by atoms with van der Waals surface area (Å²) in [6, 6.07) is 0. The van der Waals surface area contributed by atoms with Crippen LogP contribution in [0.5, 0.6) is 0 Å². The predicted octanol–water partition coefficient (Wildman–Crippen LogP) is 0.422. The summed E-state index contributed by atoms with van der Waals surface area (Å²) in [4.78, 5) is 10.8. The lowest BCUT2D eigenvalue weighted by Crippen LogP contribution is -2.28. The van der Waals surface area contributed by atoms with Crippen LogP contribution in [0, 0.1) is 0 Å². The van der Waals surface area contributed by atoms with Crippen LogP contribution in [0.4, 0.5) is 0 Å². The molecular formula is C9H20O4Si. The molecule has 0 heterocycles. The number of esters is 1.